The van der Waals surface area contributed by atoms with Crippen molar-refractivity contribution in [2.45, 2.75) is 13.0 Å². The largest absolute Gasteiger partial charge is 0.493 e. The van der Waals surface area contributed by atoms with Crippen molar-refractivity contribution in [3.8, 4) is 22.3 Å². The number of carbonyl (C=O) groups is 1. The molecule has 0 radical (unpaired) electrons. The third-order valence-corrected chi connectivity index (χ3v) is 4.91. The summed E-state index contributed by atoms with van der Waals surface area (Å²) in [6.07, 6.45) is 1.58. The van der Waals surface area contributed by atoms with E-state index in [4.69, 9.17) is 18.6 Å². The molecule has 0 bridgehead atoms. The molecule has 0 aliphatic rings. The fourth-order valence-corrected chi connectivity index (χ4v) is 3.32. The molecule has 0 saturated heterocycles. The van der Waals surface area contributed by atoms with Crippen molar-refractivity contribution in [1.82, 2.24) is 10.3 Å². The summed E-state index contributed by atoms with van der Waals surface area (Å²) in [5.41, 5.74) is 1.25. The molecular formula is C20H22N2O5S. The van der Waals surface area contributed by atoms with Gasteiger partial charge in [-0.3, -0.25) is 4.79 Å². The highest BCUT2D eigenvalue weighted by atomic mass is 32.1. The molecule has 28 heavy (non-hydrogen) atoms. The van der Waals surface area contributed by atoms with Crippen molar-refractivity contribution in [3.05, 3.63) is 53.2 Å². The average Bonchev–Trinajstić information content (AvgIpc) is 3.39. The number of nitrogens with one attached hydrogen (secondary N) is 1. The molecule has 2 aromatic heterocycles. The van der Waals surface area contributed by atoms with Crippen LogP contribution in [0.5, 0.6) is 11.5 Å². The Morgan fingerprint density at radius 3 is 2.82 bits per heavy atom. The number of ether oxygens (including phenoxy) is 3. The number of nitrogens with zero attached hydrogens (tertiary/aromatic N) is 1. The number of hydrogen-bond acceptors (Lipinski definition) is 7. The Morgan fingerprint density at radius 2 is 2.11 bits per heavy atom. The first-order valence-corrected chi connectivity index (χ1v) is 9.60. The lowest BCUT2D eigenvalue weighted by atomic mass is 10.1. The molecule has 7 nitrogen and oxygen atoms in total. The topological polar surface area (TPSA) is 82.8 Å². The van der Waals surface area contributed by atoms with Crippen molar-refractivity contribution in [3.63, 3.8) is 0 Å². The molecule has 1 unspecified atom stereocenters. The van der Waals surface area contributed by atoms with Gasteiger partial charge in [0.05, 0.1) is 26.0 Å². The molecule has 1 aromatic carbocycles. The summed E-state index contributed by atoms with van der Waals surface area (Å²) in [5.74, 6) is 1.62. The highest BCUT2D eigenvalue weighted by molar-refractivity contribution is 7.13. The Morgan fingerprint density at radius 1 is 1.25 bits per heavy atom. The van der Waals surface area contributed by atoms with Crippen LogP contribution < -0.4 is 14.8 Å². The summed E-state index contributed by atoms with van der Waals surface area (Å²) in [4.78, 5) is 16.9. The first-order valence-electron chi connectivity index (χ1n) is 8.72. The van der Waals surface area contributed by atoms with Crippen molar-refractivity contribution in [2.75, 3.05) is 27.4 Å². The van der Waals surface area contributed by atoms with Gasteiger partial charge < -0.3 is 23.9 Å². The minimum atomic E-state index is -0.249. The van der Waals surface area contributed by atoms with Crippen molar-refractivity contribution in [2.24, 2.45) is 0 Å². The molecule has 148 valence electrons. The van der Waals surface area contributed by atoms with Gasteiger partial charge in [0.25, 0.3) is 5.91 Å². The molecule has 0 aliphatic heterocycles. The maximum absolute atomic E-state index is 12.5. The van der Waals surface area contributed by atoms with E-state index in [1.165, 1.54) is 11.3 Å². The Balaban J connectivity index is 1.66. The Bertz CT molecular complexity index is 907. The Kier molecular flexibility index (Phi) is 6.67. The second-order valence-electron chi connectivity index (χ2n) is 5.96. The first kappa shape index (κ1) is 19.9. The van der Waals surface area contributed by atoms with Crippen LogP contribution >= 0.6 is 11.3 Å². The molecule has 1 N–H and O–H groups in total. The Hall–Kier alpha value is -2.84. The molecule has 1 amide bonds. The van der Waals surface area contributed by atoms with Crippen LogP contribution in [0.1, 0.15) is 29.0 Å². The summed E-state index contributed by atoms with van der Waals surface area (Å²) >= 11 is 1.36. The number of benzene rings is 1. The van der Waals surface area contributed by atoms with Crippen LogP contribution in [0, 0.1) is 0 Å². The molecule has 0 spiro atoms. The highest BCUT2D eigenvalue weighted by Gasteiger charge is 2.17. The van der Waals surface area contributed by atoms with E-state index in [0.717, 1.165) is 5.56 Å². The quantitative estimate of drug-likeness (QED) is 0.546. The lowest BCUT2D eigenvalue weighted by molar-refractivity contribution is 0.0935. The number of amides is 1. The summed E-state index contributed by atoms with van der Waals surface area (Å²) < 4.78 is 21.3. The average molecular weight is 402 g/mol. The van der Waals surface area contributed by atoms with Crippen molar-refractivity contribution in [1.29, 1.82) is 0 Å². The van der Waals surface area contributed by atoms with Crippen molar-refractivity contribution < 1.29 is 23.4 Å². The molecule has 0 aliphatic carbocycles. The zero-order valence-corrected chi connectivity index (χ0v) is 16.7. The number of furan rings is 1. The van der Waals surface area contributed by atoms with E-state index in [1.54, 1.807) is 31.9 Å². The minimum Gasteiger partial charge on any atom is -0.493 e. The molecule has 0 fully saturated rings. The summed E-state index contributed by atoms with van der Waals surface area (Å²) in [7, 11) is 3.20. The van der Waals surface area contributed by atoms with E-state index in [2.05, 4.69) is 10.3 Å². The van der Waals surface area contributed by atoms with Crippen LogP contribution in [0.2, 0.25) is 0 Å². The van der Waals surface area contributed by atoms with E-state index in [1.807, 2.05) is 31.2 Å². The van der Waals surface area contributed by atoms with Gasteiger partial charge in [-0.25, -0.2) is 4.98 Å². The van der Waals surface area contributed by atoms with Gasteiger partial charge in [0, 0.05) is 12.5 Å². The smallest absolute Gasteiger partial charge is 0.271 e. The van der Waals surface area contributed by atoms with Crippen LogP contribution in [0.3, 0.4) is 0 Å². The second-order valence-corrected chi connectivity index (χ2v) is 6.82. The van der Waals surface area contributed by atoms with E-state index in [0.29, 0.717) is 41.2 Å². The van der Waals surface area contributed by atoms with Crippen molar-refractivity contribution >= 4 is 17.2 Å². The minimum absolute atomic E-state index is 0.233. The lowest BCUT2D eigenvalue weighted by Crippen LogP contribution is -2.26. The van der Waals surface area contributed by atoms with E-state index >= 15 is 0 Å². The van der Waals surface area contributed by atoms with Gasteiger partial charge in [0.2, 0.25) is 0 Å². The second kappa shape index (κ2) is 9.38. The summed E-state index contributed by atoms with van der Waals surface area (Å²) in [6, 6.07) is 8.93. The number of methoxy groups -OCH3 is 2. The van der Waals surface area contributed by atoms with Gasteiger partial charge in [0.15, 0.2) is 22.3 Å². The normalized spacial score (nSPS) is 11.8. The van der Waals surface area contributed by atoms with Gasteiger partial charge in [-0.1, -0.05) is 6.07 Å². The number of aromatic nitrogens is 1. The third kappa shape index (κ3) is 4.71. The SMILES string of the molecule is COCCOc1ccc(C(C)NC(=O)c2csc(-c3ccco3)n2)cc1OC. The van der Waals surface area contributed by atoms with Gasteiger partial charge in [0.1, 0.15) is 12.3 Å². The monoisotopic (exact) mass is 402 g/mol. The molecule has 2 heterocycles. The standard InChI is InChI=1S/C20H22N2O5S/c1-13(14-6-7-16(18(11-14)25-3)27-10-9-24-2)21-19(23)15-12-28-20(22-15)17-5-4-8-26-17/h4-8,11-13H,9-10H2,1-3H3,(H,21,23). The molecule has 1 atom stereocenters. The molecule has 8 heteroatoms. The van der Waals surface area contributed by atoms with Crippen LogP contribution in [0.15, 0.2) is 46.4 Å². The third-order valence-electron chi connectivity index (χ3n) is 4.05. The van der Waals surface area contributed by atoms with Crippen LogP contribution in [0.4, 0.5) is 0 Å². The predicted octanol–water partition coefficient (Wildman–Crippen LogP) is 3.93. The molecule has 3 aromatic rings. The molecule has 0 saturated carbocycles. The van der Waals surface area contributed by atoms with E-state index in [9.17, 15) is 4.79 Å². The fourth-order valence-electron chi connectivity index (χ4n) is 2.55. The summed E-state index contributed by atoms with van der Waals surface area (Å²) in [6.45, 7) is 2.82. The van der Waals surface area contributed by atoms with E-state index < -0.39 is 0 Å². The van der Waals surface area contributed by atoms with Gasteiger partial charge >= 0.3 is 0 Å². The van der Waals surface area contributed by atoms with E-state index in [-0.39, 0.29) is 11.9 Å². The van der Waals surface area contributed by atoms with Crippen LogP contribution in [0.25, 0.3) is 10.8 Å². The number of rotatable bonds is 9. The highest BCUT2D eigenvalue weighted by Crippen LogP contribution is 2.30. The maximum atomic E-state index is 12.5. The van der Waals surface area contributed by atoms with Crippen LogP contribution in [-0.2, 0) is 4.74 Å². The van der Waals surface area contributed by atoms with Gasteiger partial charge in [-0.2, -0.15) is 0 Å². The van der Waals surface area contributed by atoms with Crippen LogP contribution in [-0.4, -0.2) is 38.3 Å². The first-order chi connectivity index (χ1) is 13.6. The predicted molar refractivity (Wildman–Crippen MR) is 106 cm³/mol. The zero-order chi connectivity index (χ0) is 19.9. The molecule has 3 rings (SSSR count). The zero-order valence-electron chi connectivity index (χ0n) is 15.9. The fraction of sp³-hybridized carbons (Fsp3) is 0.300. The number of hydrogen-bond donors (Lipinski definition) is 1. The molecular weight excluding hydrogens is 380 g/mol. The van der Waals surface area contributed by atoms with Gasteiger partial charge in [-0.05, 0) is 36.8 Å². The summed E-state index contributed by atoms with van der Waals surface area (Å²) in [5, 5.41) is 5.34. The Labute approximate surface area is 167 Å². The lowest BCUT2D eigenvalue weighted by Gasteiger charge is -2.16. The number of thiazole rings is 1. The maximum Gasteiger partial charge on any atom is 0.271 e. The van der Waals surface area contributed by atoms with Gasteiger partial charge in [-0.15, -0.1) is 11.3 Å². The number of carbonyl (C=O) groups excluding carboxylic acids is 1.